The van der Waals surface area contributed by atoms with E-state index in [1.807, 2.05) is 12.1 Å². The van der Waals surface area contributed by atoms with Crippen molar-refractivity contribution in [2.24, 2.45) is 0 Å². The normalized spacial score (nSPS) is 10.2. The quantitative estimate of drug-likeness (QED) is 0.775. The van der Waals surface area contributed by atoms with Crippen molar-refractivity contribution in [1.82, 2.24) is 15.1 Å². The molecule has 2 aromatic heterocycles. The second-order valence-electron chi connectivity index (χ2n) is 3.04. The first kappa shape index (κ1) is 9.45. The largest absolute Gasteiger partial charge is 0.384 e. The summed E-state index contributed by atoms with van der Waals surface area (Å²) in [7, 11) is 0. The number of hydrogen-bond donors (Lipinski definition) is 2. The summed E-state index contributed by atoms with van der Waals surface area (Å²) < 4.78 is 4.93. The predicted molar refractivity (Wildman–Crippen MR) is 55.0 cm³/mol. The van der Waals surface area contributed by atoms with E-state index >= 15 is 0 Å². The average molecular weight is 205 g/mol. The Morgan fingerprint density at radius 3 is 2.93 bits per heavy atom. The Hall–Kier alpha value is -2.11. The van der Waals surface area contributed by atoms with E-state index in [2.05, 4.69) is 20.4 Å². The molecular formula is C9H11N5O. The maximum absolute atomic E-state index is 5.53. The first-order valence-electron chi connectivity index (χ1n) is 4.49. The van der Waals surface area contributed by atoms with Gasteiger partial charge in [0.15, 0.2) is 5.82 Å². The van der Waals surface area contributed by atoms with Crippen molar-refractivity contribution in [3.05, 3.63) is 29.9 Å². The van der Waals surface area contributed by atoms with Gasteiger partial charge in [0.25, 0.3) is 0 Å². The molecule has 0 saturated heterocycles. The summed E-state index contributed by atoms with van der Waals surface area (Å²) in [6, 6.07) is 5.37. The average Bonchev–Trinajstić information content (AvgIpc) is 2.62. The third-order valence-electron chi connectivity index (χ3n) is 1.76. The molecule has 0 aliphatic rings. The second-order valence-corrected chi connectivity index (χ2v) is 3.04. The van der Waals surface area contributed by atoms with Crippen LogP contribution < -0.4 is 11.1 Å². The zero-order chi connectivity index (χ0) is 10.7. The number of aromatic nitrogens is 3. The van der Waals surface area contributed by atoms with Crippen molar-refractivity contribution in [3.8, 4) is 0 Å². The van der Waals surface area contributed by atoms with Crippen molar-refractivity contribution in [2.75, 3.05) is 11.1 Å². The molecular weight excluding hydrogens is 194 g/mol. The van der Waals surface area contributed by atoms with Crippen LogP contribution in [0.15, 0.2) is 22.7 Å². The van der Waals surface area contributed by atoms with Gasteiger partial charge in [0.1, 0.15) is 11.6 Å². The van der Waals surface area contributed by atoms with E-state index in [0.29, 0.717) is 29.9 Å². The summed E-state index contributed by atoms with van der Waals surface area (Å²) in [4.78, 5) is 8.12. The van der Waals surface area contributed by atoms with Gasteiger partial charge in [0, 0.05) is 0 Å². The highest BCUT2D eigenvalue weighted by Gasteiger charge is 2.02. The van der Waals surface area contributed by atoms with Crippen molar-refractivity contribution in [2.45, 2.75) is 13.5 Å². The Kier molecular flexibility index (Phi) is 2.49. The molecule has 6 nitrogen and oxygen atoms in total. The molecule has 0 spiro atoms. The lowest BCUT2D eigenvalue weighted by atomic mass is 10.4. The Morgan fingerprint density at radius 2 is 2.27 bits per heavy atom. The van der Waals surface area contributed by atoms with Gasteiger partial charge < -0.3 is 15.6 Å². The standard InChI is InChI=1S/C9H11N5O/c1-6-12-9(15-14-6)5-11-8-4-2-3-7(10)13-8/h2-4H,5H2,1H3,(H3,10,11,13). The maximum atomic E-state index is 5.53. The number of nitrogens with zero attached hydrogens (tertiary/aromatic N) is 3. The van der Waals surface area contributed by atoms with Crippen LogP contribution in [0, 0.1) is 6.92 Å². The molecule has 15 heavy (non-hydrogen) atoms. The highest BCUT2D eigenvalue weighted by Crippen LogP contribution is 2.07. The third-order valence-corrected chi connectivity index (χ3v) is 1.76. The van der Waals surface area contributed by atoms with Crippen LogP contribution in [0.4, 0.5) is 11.6 Å². The molecule has 0 amide bonds. The van der Waals surface area contributed by atoms with Crippen LogP contribution in [0.5, 0.6) is 0 Å². The predicted octanol–water partition coefficient (Wildman–Crippen LogP) is 0.967. The first-order chi connectivity index (χ1) is 7.24. The number of rotatable bonds is 3. The van der Waals surface area contributed by atoms with Gasteiger partial charge in [0.2, 0.25) is 5.89 Å². The number of pyridine rings is 1. The number of anilines is 2. The zero-order valence-electron chi connectivity index (χ0n) is 8.27. The van der Waals surface area contributed by atoms with Gasteiger partial charge in [-0.25, -0.2) is 4.98 Å². The van der Waals surface area contributed by atoms with Gasteiger partial charge in [-0.3, -0.25) is 0 Å². The molecule has 3 N–H and O–H groups in total. The lowest BCUT2D eigenvalue weighted by molar-refractivity contribution is 0.379. The van der Waals surface area contributed by atoms with Crippen molar-refractivity contribution >= 4 is 11.6 Å². The molecule has 0 saturated carbocycles. The molecule has 0 aromatic carbocycles. The molecule has 0 aliphatic heterocycles. The number of nitrogens with one attached hydrogen (secondary N) is 1. The second kappa shape index (κ2) is 3.95. The van der Waals surface area contributed by atoms with E-state index in [9.17, 15) is 0 Å². The number of aryl methyl sites for hydroxylation is 1. The van der Waals surface area contributed by atoms with Crippen LogP contribution in [0.3, 0.4) is 0 Å². The van der Waals surface area contributed by atoms with Crippen LogP contribution in [0.25, 0.3) is 0 Å². The SMILES string of the molecule is Cc1noc(CNc2cccc(N)n2)n1. The minimum atomic E-state index is 0.442. The van der Waals surface area contributed by atoms with Crippen molar-refractivity contribution in [1.29, 1.82) is 0 Å². The number of nitrogens with two attached hydrogens (primary N) is 1. The molecule has 2 heterocycles. The Morgan fingerprint density at radius 1 is 1.40 bits per heavy atom. The highest BCUT2D eigenvalue weighted by molar-refractivity contribution is 5.42. The molecule has 2 rings (SSSR count). The minimum absolute atomic E-state index is 0.442. The molecule has 0 unspecified atom stereocenters. The van der Waals surface area contributed by atoms with Gasteiger partial charge in [-0.2, -0.15) is 4.98 Å². The summed E-state index contributed by atoms with van der Waals surface area (Å²) in [6.07, 6.45) is 0. The topological polar surface area (TPSA) is 89.9 Å². The zero-order valence-corrected chi connectivity index (χ0v) is 8.27. The number of nitrogen functional groups attached to an aromatic ring is 1. The summed E-state index contributed by atoms with van der Waals surface area (Å²) in [5.41, 5.74) is 5.53. The van der Waals surface area contributed by atoms with E-state index in [-0.39, 0.29) is 0 Å². The van der Waals surface area contributed by atoms with Crippen LogP contribution in [0.1, 0.15) is 11.7 Å². The molecule has 78 valence electrons. The van der Waals surface area contributed by atoms with E-state index in [1.54, 1.807) is 13.0 Å². The lowest BCUT2D eigenvalue weighted by Crippen LogP contribution is -2.02. The van der Waals surface area contributed by atoms with Crippen molar-refractivity contribution < 1.29 is 4.52 Å². The molecule has 0 aliphatic carbocycles. The van der Waals surface area contributed by atoms with E-state index in [1.165, 1.54) is 0 Å². The summed E-state index contributed by atoms with van der Waals surface area (Å²) in [5, 5.41) is 6.70. The fourth-order valence-electron chi connectivity index (χ4n) is 1.13. The van der Waals surface area contributed by atoms with Crippen LogP contribution in [0.2, 0.25) is 0 Å². The van der Waals surface area contributed by atoms with Gasteiger partial charge >= 0.3 is 0 Å². The Bertz CT molecular complexity index is 453. The summed E-state index contributed by atoms with van der Waals surface area (Å²) >= 11 is 0. The highest BCUT2D eigenvalue weighted by atomic mass is 16.5. The van der Waals surface area contributed by atoms with E-state index in [0.717, 1.165) is 0 Å². The smallest absolute Gasteiger partial charge is 0.245 e. The van der Waals surface area contributed by atoms with Crippen LogP contribution in [-0.2, 0) is 6.54 Å². The minimum Gasteiger partial charge on any atom is -0.384 e. The third kappa shape index (κ3) is 2.43. The molecule has 0 atom stereocenters. The molecule has 0 bridgehead atoms. The Balaban J connectivity index is 1.99. The molecule has 0 radical (unpaired) electrons. The first-order valence-corrected chi connectivity index (χ1v) is 4.49. The van der Waals surface area contributed by atoms with Gasteiger partial charge in [0.05, 0.1) is 6.54 Å². The van der Waals surface area contributed by atoms with Gasteiger partial charge in [-0.05, 0) is 19.1 Å². The summed E-state index contributed by atoms with van der Waals surface area (Å²) in [6.45, 7) is 2.21. The van der Waals surface area contributed by atoms with Crippen molar-refractivity contribution in [3.63, 3.8) is 0 Å². The molecule has 0 fully saturated rings. The van der Waals surface area contributed by atoms with Crippen LogP contribution >= 0.6 is 0 Å². The molecule has 6 heteroatoms. The van der Waals surface area contributed by atoms with E-state index < -0.39 is 0 Å². The van der Waals surface area contributed by atoms with Crippen LogP contribution in [-0.4, -0.2) is 15.1 Å². The lowest BCUT2D eigenvalue weighted by Gasteiger charge is -2.02. The monoisotopic (exact) mass is 205 g/mol. The molecule has 2 aromatic rings. The fourth-order valence-corrected chi connectivity index (χ4v) is 1.13. The maximum Gasteiger partial charge on any atom is 0.245 e. The van der Waals surface area contributed by atoms with Gasteiger partial charge in [-0.1, -0.05) is 11.2 Å². The van der Waals surface area contributed by atoms with Gasteiger partial charge in [-0.15, -0.1) is 0 Å². The summed E-state index contributed by atoms with van der Waals surface area (Å²) in [5.74, 6) is 2.30. The number of hydrogen-bond acceptors (Lipinski definition) is 6. The Labute approximate surface area is 86.5 Å². The fraction of sp³-hybridized carbons (Fsp3) is 0.222. The van der Waals surface area contributed by atoms with E-state index in [4.69, 9.17) is 10.3 Å².